The summed E-state index contributed by atoms with van der Waals surface area (Å²) in [5.74, 6) is 2.11. The molecule has 3 heteroatoms. The van der Waals surface area contributed by atoms with E-state index in [0.717, 1.165) is 31.6 Å². The SMILES string of the molecule is C[C@@]12CC[C@@H]3[C@H](CC[C@H]4OC(=O)CC[C@]34C)[C@@H]1CC[C@@H]2O. The second kappa shape index (κ2) is 4.47. The van der Waals surface area contributed by atoms with Crippen molar-refractivity contribution in [3.05, 3.63) is 0 Å². The van der Waals surface area contributed by atoms with E-state index in [0.29, 0.717) is 18.3 Å². The molecule has 1 heterocycles. The average Bonchev–Trinajstić information content (AvgIpc) is 2.76. The summed E-state index contributed by atoms with van der Waals surface area (Å²) < 4.78 is 5.71. The highest BCUT2D eigenvalue weighted by atomic mass is 16.5. The van der Waals surface area contributed by atoms with E-state index >= 15 is 0 Å². The number of aliphatic hydroxyl groups excluding tert-OH is 1. The Bertz CT molecular complexity index is 461. The summed E-state index contributed by atoms with van der Waals surface area (Å²) in [6.07, 6.45) is 8.41. The van der Waals surface area contributed by atoms with Crippen LogP contribution in [0.25, 0.3) is 0 Å². The molecule has 3 saturated carbocycles. The topological polar surface area (TPSA) is 46.5 Å². The van der Waals surface area contributed by atoms with E-state index in [1.165, 1.54) is 19.3 Å². The van der Waals surface area contributed by atoms with Crippen molar-refractivity contribution < 1.29 is 14.6 Å². The summed E-state index contributed by atoms with van der Waals surface area (Å²) in [5, 5.41) is 10.4. The van der Waals surface area contributed by atoms with Gasteiger partial charge >= 0.3 is 5.97 Å². The van der Waals surface area contributed by atoms with E-state index in [-0.39, 0.29) is 29.0 Å². The third-order valence-electron chi connectivity index (χ3n) is 7.87. The molecule has 1 saturated heterocycles. The van der Waals surface area contributed by atoms with Crippen LogP contribution in [0.5, 0.6) is 0 Å². The van der Waals surface area contributed by atoms with Crippen molar-refractivity contribution in [2.45, 2.75) is 77.4 Å². The maximum absolute atomic E-state index is 11.6. The van der Waals surface area contributed by atoms with Crippen LogP contribution in [0.2, 0.25) is 0 Å². The normalized spacial score (nSPS) is 56.1. The molecule has 0 aromatic rings. The van der Waals surface area contributed by atoms with Crippen molar-refractivity contribution in [2.75, 3.05) is 0 Å². The van der Waals surface area contributed by atoms with Crippen LogP contribution < -0.4 is 0 Å². The number of esters is 1. The first-order chi connectivity index (χ1) is 9.95. The van der Waals surface area contributed by atoms with Crippen molar-refractivity contribution in [2.24, 2.45) is 28.6 Å². The van der Waals surface area contributed by atoms with E-state index in [1.807, 2.05) is 0 Å². The summed E-state index contributed by atoms with van der Waals surface area (Å²) in [4.78, 5) is 11.6. The Balaban J connectivity index is 1.64. The van der Waals surface area contributed by atoms with Gasteiger partial charge in [-0.05, 0) is 68.1 Å². The van der Waals surface area contributed by atoms with Gasteiger partial charge in [0.15, 0.2) is 0 Å². The molecular formula is C18H28O3. The Labute approximate surface area is 127 Å². The summed E-state index contributed by atoms with van der Waals surface area (Å²) in [6, 6.07) is 0. The summed E-state index contributed by atoms with van der Waals surface area (Å²) in [6.45, 7) is 4.69. The Kier molecular flexibility index (Phi) is 2.99. The molecule has 3 nitrogen and oxygen atoms in total. The van der Waals surface area contributed by atoms with E-state index in [9.17, 15) is 9.90 Å². The fraction of sp³-hybridized carbons (Fsp3) is 0.944. The van der Waals surface area contributed by atoms with E-state index in [4.69, 9.17) is 4.74 Å². The highest BCUT2D eigenvalue weighted by Crippen LogP contribution is 2.64. The third kappa shape index (κ3) is 1.79. The smallest absolute Gasteiger partial charge is 0.306 e. The predicted molar refractivity (Wildman–Crippen MR) is 79.5 cm³/mol. The van der Waals surface area contributed by atoms with Gasteiger partial charge in [-0.3, -0.25) is 4.79 Å². The van der Waals surface area contributed by atoms with Gasteiger partial charge in [0.05, 0.1) is 6.10 Å². The molecule has 0 bridgehead atoms. The van der Waals surface area contributed by atoms with Crippen LogP contribution in [-0.4, -0.2) is 23.3 Å². The molecule has 0 aromatic heterocycles. The number of aliphatic hydroxyl groups is 1. The monoisotopic (exact) mass is 292 g/mol. The Hall–Kier alpha value is -0.570. The zero-order chi connectivity index (χ0) is 14.8. The van der Waals surface area contributed by atoms with E-state index in [2.05, 4.69) is 13.8 Å². The fourth-order valence-electron chi connectivity index (χ4n) is 6.52. The largest absolute Gasteiger partial charge is 0.462 e. The first kappa shape index (κ1) is 14.0. The lowest BCUT2D eigenvalue weighted by atomic mass is 9.48. The fourth-order valence-corrected chi connectivity index (χ4v) is 6.52. The van der Waals surface area contributed by atoms with E-state index < -0.39 is 0 Å². The number of rotatable bonds is 0. The van der Waals surface area contributed by atoms with Crippen LogP contribution in [-0.2, 0) is 9.53 Å². The maximum atomic E-state index is 11.6. The molecule has 0 radical (unpaired) electrons. The molecule has 4 aliphatic rings. The van der Waals surface area contributed by atoms with Crippen LogP contribution in [0, 0.1) is 28.6 Å². The molecule has 1 N–H and O–H groups in total. The van der Waals surface area contributed by atoms with Crippen molar-refractivity contribution in [3.8, 4) is 0 Å². The van der Waals surface area contributed by atoms with E-state index in [1.54, 1.807) is 0 Å². The molecule has 0 unspecified atom stereocenters. The minimum atomic E-state index is -0.0989. The molecule has 4 fully saturated rings. The molecule has 0 spiro atoms. The zero-order valence-corrected chi connectivity index (χ0v) is 13.3. The average molecular weight is 292 g/mol. The highest BCUT2D eigenvalue weighted by Gasteiger charge is 2.60. The van der Waals surface area contributed by atoms with Gasteiger partial charge in [0.25, 0.3) is 0 Å². The molecule has 21 heavy (non-hydrogen) atoms. The van der Waals surface area contributed by atoms with Gasteiger partial charge in [0, 0.05) is 11.8 Å². The number of hydrogen-bond donors (Lipinski definition) is 1. The highest BCUT2D eigenvalue weighted by molar-refractivity contribution is 5.70. The molecular weight excluding hydrogens is 264 g/mol. The minimum absolute atomic E-state index is 0.00728. The molecule has 4 rings (SSSR count). The van der Waals surface area contributed by atoms with Crippen LogP contribution in [0.4, 0.5) is 0 Å². The predicted octanol–water partition coefficient (Wildman–Crippen LogP) is 3.30. The number of carbonyl (C=O) groups excluding carboxylic acids is 1. The summed E-state index contributed by atoms with van der Waals surface area (Å²) in [7, 11) is 0. The molecule has 0 amide bonds. The van der Waals surface area contributed by atoms with Gasteiger partial charge in [0.2, 0.25) is 0 Å². The first-order valence-electron chi connectivity index (χ1n) is 8.83. The Morgan fingerprint density at radius 1 is 1.00 bits per heavy atom. The van der Waals surface area contributed by atoms with Gasteiger partial charge in [-0.1, -0.05) is 13.8 Å². The zero-order valence-electron chi connectivity index (χ0n) is 13.3. The van der Waals surface area contributed by atoms with Crippen LogP contribution >= 0.6 is 0 Å². The standard InChI is InChI=1S/C18H28O3/c1-17-9-7-13-11(12(17)4-5-14(17)19)3-6-15-18(13,2)10-8-16(20)21-15/h11-15,19H,3-10H2,1-2H3/t11-,12+,13-,14+,15-,17-,18-/m1/s1. The molecule has 0 aromatic carbocycles. The lowest BCUT2D eigenvalue weighted by molar-refractivity contribution is -0.193. The summed E-state index contributed by atoms with van der Waals surface area (Å²) >= 11 is 0. The van der Waals surface area contributed by atoms with Crippen molar-refractivity contribution in [1.82, 2.24) is 0 Å². The van der Waals surface area contributed by atoms with Crippen LogP contribution in [0.15, 0.2) is 0 Å². The quantitative estimate of drug-likeness (QED) is 0.697. The van der Waals surface area contributed by atoms with Crippen molar-refractivity contribution in [1.29, 1.82) is 0 Å². The van der Waals surface area contributed by atoms with Crippen molar-refractivity contribution >= 4 is 5.97 Å². The second-order valence-electron chi connectivity index (χ2n) is 8.58. The van der Waals surface area contributed by atoms with Gasteiger partial charge in [-0.2, -0.15) is 0 Å². The number of fused-ring (bicyclic) bond motifs is 5. The lowest BCUT2D eigenvalue weighted by Crippen LogP contribution is -2.56. The van der Waals surface area contributed by atoms with Gasteiger partial charge < -0.3 is 9.84 Å². The van der Waals surface area contributed by atoms with Crippen LogP contribution in [0.1, 0.15) is 65.2 Å². The third-order valence-corrected chi connectivity index (χ3v) is 7.87. The van der Waals surface area contributed by atoms with Crippen molar-refractivity contribution in [3.63, 3.8) is 0 Å². The Morgan fingerprint density at radius 2 is 1.76 bits per heavy atom. The van der Waals surface area contributed by atoms with Crippen LogP contribution in [0.3, 0.4) is 0 Å². The first-order valence-corrected chi connectivity index (χ1v) is 8.83. The lowest BCUT2D eigenvalue weighted by Gasteiger charge is -2.59. The molecule has 118 valence electrons. The van der Waals surface area contributed by atoms with Gasteiger partial charge in [0.1, 0.15) is 6.10 Å². The van der Waals surface area contributed by atoms with Gasteiger partial charge in [-0.25, -0.2) is 0 Å². The minimum Gasteiger partial charge on any atom is -0.462 e. The summed E-state index contributed by atoms with van der Waals surface area (Å²) in [5.41, 5.74) is 0.335. The molecule has 7 atom stereocenters. The maximum Gasteiger partial charge on any atom is 0.306 e. The number of ether oxygens (including phenoxy) is 1. The number of carbonyl (C=O) groups is 1. The molecule has 3 aliphatic carbocycles. The molecule has 1 aliphatic heterocycles. The second-order valence-corrected chi connectivity index (χ2v) is 8.58. The number of hydrogen-bond acceptors (Lipinski definition) is 3. The Morgan fingerprint density at radius 3 is 2.57 bits per heavy atom. The van der Waals surface area contributed by atoms with Gasteiger partial charge in [-0.15, -0.1) is 0 Å².